The number of benzene rings is 1. The van der Waals surface area contributed by atoms with E-state index in [0.29, 0.717) is 19.5 Å². The van der Waals surface area contributed by atoms with Gasteiger partial charge in [-0.25, -0.2) is 0 Å². The van der Waals surface area contributed by atoms with E-state index in [9.17, 15) is 4.79 Å². The first-order chi connectivity index (χ1) is 10.1. The second-order valence-corrected chi connectivity index (χ2v) is 5.02. The molecule has 0 radical (unpaired) electrons. The molecule has 4 heteroatoms. The third-order valence-corrected chi connectivity index (χ3v) is 3.18. The number of carbonyl (C=O) groups excluding carboxylic acids is 1. The first-order valence-corrected chi connectivity index (χ1v) is 7.18. The van der Waals surface area contributed by atoms with Crippen LogP contribution < -0.4 is 0 Å². The average Bonchev–Trinajstić information content (AvgIpc) is 2.48. The van der Waals surface area contributed by atoms with Crippen LogP contribution in [0.25, 0.3) is 0 Å². The molecule has 114 valence electrons. The van der Waals surface area contributed by atoms with Gasteiger partial charge in [-0.3, -0.25) is 9.69 Å². The molecule has 0 aliphatic rings. The first-order valence-electron chi connectivity index (χ1n) is 7.18. The number of hydrogen-bond acceptors (Lipinski definition) is 3. The number of rotatable bonds is 6. The van der Waals surface area contributed by atoms with Crippen LogP contribution in [0, 0.1) is 11.8 Å². The summed E-state index contributed by atoms with van der Waals surface area (Å²) < 4.78 is 0. The minimum atomic E-state index is 0.0770. The van der Waals surface area contributed by atoms with Gasteiger partial charge in [-0.05, 0) is 18.2 Å². The zero-order valence-corrected chi connectivity index (χ0v) is 13.1. The van der Waals surface area contributed by atoms with E-state index in [0.717, 1.165) is 17.7 Å². The molecule has 0 saturated heterocycles. The number of hydrogen-bond donors (Lipinski definition) is 1. The number of likely N-dealkylation sites (N-methyl/N-ethyl adjacent to an activating group) is 2. The van der Waals surface area contributed by atoms with E-state index in [-0.39, 0.29) is 12.5 Å². The third kappa shape index (κ3) is 5.99. The van der Waals surface area contributed by atoms with Gasteiger partial charge in [0.05, 0.1) is 13.2 Å². The van der Waals surface area contributed by atoms with Gasteiger partial charge in [0.1, 0.15) is 0 Å². The lowest BCUT2D eigenvalue weighted by molar-refractivity contribution is -0.130. The van der Waals surface area contributed by atoms with Crippen molar-refractivity contribution in [3.05, 3.63) is 35.4 Å². The summed E-state index contributed by atoms with van der Waals surface area (Å²) in [4.78, 5) is 15.5. The molecule has 0 aliphatic heterocycles. The Hall–Kier alpha value is -1.83. The molecular formula is C17H24N2O2. The van der Waals surface area contributed by atoms with Crippen LogP contribution >= 0.6 is 0 Å². The zero-order chi connectivity index (χ0) is 15.7. The molecule has 0 aliphatic carbocycles. The molecule has 4 nitrogen and oxygen atoms in total. The largest absolute Gasteiger partial charge is 0.395 e. The summed E-state index contributed by atoms with van der Waals surface area (Å²) in [6, 6.07) is 7.94. The lowest BCUT2D eigenvalue weighted by Gasteiger charge is -2.22. The molecule has 1 aromatic rings. The van der Waals surface area contributed by atoms with Crippen molar-refractivity contribution in [2.24, 2.45) is 0 Å². The van der Waals surface area contributed by atoms with Crippen LogP contribution in [0.2, 0.25) is 0 Å². The van der Waals surface area contributed by atoms with Crippen molar-refractivity contribution >= 4 is 5.91 Å². The highest BCUT2D eigenvalue weighted by atomic mass is 16.2. The number of nitrogens with zero attached hydrogens (tertiary/aromatic N) is 2. The van der Waals surface area contributed by atoms with Crippen molar-refractivity contribution in [2.75, 3.05) is 33.8 Å². The van der Waals surface area contributed by atoms with Gasteiger partial charge in [-0.1, -0.05) is 37.0 Å². The van der Waals surface area contributed by atoms with E-state index in [1.54, 1.807) is 19.0 Å². The van der Waals surface area contributed by atoms with Gasteiger partial charge < -0.3 is 10.0 Å². The first kappa shape index (κ1) is 17.2. The van der Waals surface area contributed by atoms with E-state index < -0.39 is 0 Å². The van der Waals surface area contributed by atoms with Crippen molar-refractivity contribution < 1.29 is 9.90 Å². The fourth-order valence-electron chi connectivity index (χ4n) is 1.85. The molecule has 0 saturated carbocycles. The van der Waals surface area contributed by atoms with Crippen molar-refractivity contribution in [3.8, 4) is 11.8 Å². The number of aliphatic hydroxyl groups excluding tert-OH is 1. The predicted octanol–water partition coefficient (Wildman–Crippen LogP) is 1.33. The van der Waals surface area contributed by atoms with E-state index in [1.807, 2.05) is 31.2 Å². The Labute approximate surface area is 127 Å². The van der Waals surface area contributed by atoms with Crippen molar-refractivity contribution in [2.45, 2.75) is 19.9 Å². The maximum atomic E-state index is 11.8. The van der Waals surface area contributed by atoms with Crippen LogP contribution in [-0.4, -0.2) is 54.6 Å². The average molecular weight is 288 g/mol. The molecule has 0 fully saturated rings. The summed E-state index contributed by atoms with van der Waals surface area (Å²) in [7, 11) is 3.54. The topological polar surface area (TPSA) is 43.8 Å². The Kier molecular flexibility index (Phi) is 7.52. The number of carbonyl (C=O) groups is 1. The summed E-state index contributed by atoms with van der Waals surface area (Å²) in [6.07, 6.45) is 0.477. The van der Waals surface area contributed by atoms with Gasteiger partial charge in [0, 0.05) is 32.6 Å². The summed E-state index contributed by atoms with van der Waals surface area (Å²) in [5.74, 6) is 6.13. The molecule has 1 rings (SSSR count). The van der Waals surface area contributed by atoms with E-state index >= 15 is 0 Å². The van der Waals surface area contributed by atoms with Gasteiger partial charge in [0.2, 0.25) is 5.91 Å². The lowest BCUT2D eigenvalue weighted by Crippen LogP contribution is -2.36. The third-order valence-electron chi connectivity index (χ3n) is 3.18. The van der Waals surface area contributed by atoms with Crippen LogP contribution in [0.5, 0.6) is 0 Å². The van der Waals surface area contributed by atoms with Gasteiger partial charge >= 0.3 is 0 Å². The van der Waals surface area contributed by atoms with Crippen LogP contribution in [-0.2, 0) is 11.3 Å². The van der Waals surface area contributed by atoms with Crippen molar-refractivity contribution in [1.82, 2.24) is 9.80 Å². The van der Waals surface area contributed by atoms with Gasteiger partial charge in [0.15, 0.2) is 0 Å². The summed E-state index contributed by atoms with van der Waals surface area (Å²) >= 11 is 0. The molecular weight excluding hydrogens is 264 g/mol. The van der Waals surface area contributed by atoms with Crippen LogP contribution in [0.3, 0.4) is 0 Å². The van der Waals surface area contributed by atoms with Crippen LogP contribution in [0.1, 0.15) is 24.5 Å². The van der Waals surface area contributed by atoms with Crippen molar-refractivity contribution in [3.63, 3.8) is 0 Å². The van der Waals surface area contributed by atoms with Crippen LogP contribution in [0.15, 0.2) is 24.3 Å². The quantitative estimate of drug-likeness (QED) is 0.803. The second kappa shape index (κ2) is 9.17. The molecule has 0 heterocycles. The highest BCUT2D eigenvalue weighted by Gasteiger charge is 2.12. The maximum absolute atomic E-state index is 11.8. The molecule has 1 amide bonds. The zero-order valence-electron chi connectivity index (χ0n) is 13.1. The van der Waals surface area contributed by atoms with Gasteiger partial charge in [-0.15, -0.1) is 0 Å². The van der Waals surface area contributed by atoms with Gasteiger partial charge in [-0.2, -0.15) is 0 Å². The second-order valence-electron chi connectivity index (χ2n) is 5.02. The minimum absolute atomic E-state index is 0.0770. The molecule has 0 spiro atoms. The Bertz CT molecular complexity index is 515. The molecule has 0 unspecified atom stereocenters. The SMILES string of the molecule is CCN(CC(=O)N(C)C)Cc1ccccc1C#CCCO. The minimum Gasteiger partial charge on any atom is -0.395 e. The number of aliphatic hydroxyl groups is 1. The molecule has 0 bridgehead atoms. The Balaban J connectivity index is 2.81. The highest BCUT2D eigenvalue weighted by Crippen LogP contribution is 2.11. The van der Waals surface area contributed by atoms with Crippen molar-refractivity contribution in [1.29, 1.82) is 0 Å². The monoisotopic (exact) mass is 288 g/mol. The maximum Gasteiger partial charge on any atom is 0.236 e. The van der Waals surface area contributed by atoms with E-state index in [2.05, 4.69) is 16.7 Å². The fourth-order valence-corrected chi connectivity index (χ4v) is 1.85. The fraction of sp³-hybridized carbons (Fsp3) is 0.471. The molecule has 1 aromatic carbocycles. The lowest BCUT2D eigenvalue weighted by atomic mass is 10.1. The molecule has 21 heavy (non-hydrogen) atoms. The smallest absolute Gasteiger partial charge is 0.236 e. The summed E-state index contributed by atoms with van der Waals surface area (Å²) in [5.41, 5.74) is 2.07. The molecule has 1 N–H and O–H groups in total. The normalized spacial score (nSPS) is 10.1. The Morgan fingerprint density at radius 2 is 2.00 bits per heavy atom. The molecule has 0 atom stereocenters. The molecule has 0 aromatic heterocycles. The van der Waals surface area contributed by atoms with Crippen LogP contribution in [0.4, 0.5) is 0 Å². The Morgan fingerprint density at radius 1 is 1.29 bits per heavy atom. The summed E-state index contributed by atoms with van der Waals surface area (Å²) in [5, 5.41) is 8.80. The van der Waals surface area contributed by atoms with E-state index in [1.165, 1.54) is 0 Å². The van der Waals surface area contributed by atoms with Gasteiger partial charge in [0.25, 0.3) is 0 Å². The van der Waals surface area contributed by atoms with E-state index in [4.69, 9.17) is 5.11 Å². The highest BCUT2D eigenvalue weighted by molar-refractivity contribution is 5.77. The standard InChI is InChI=1S/C17H24N2O2/c1-4-19(14-17(21)18(2)3)13-16-11-6-5-9-15(16)10-7-8-12-20/h5-6,9,11,20H,4,8,12-14H2,1-3H3. The number of amides is 1. The Morgan fingerprint density at radius 3 is 2.62 bits per heavy atom. The predicted molar refractivity (Wildman–Crippen MR) is 84.7 cm³/mol. The summed E-state index contributed by atoms with van der Waals surface area (Å²) in [6.45, 7) is 4.02.